The van der Waals surface area contributed by atoms with E-state index >= 15 is 0 Å². The van der Waals surface area contributed by atoms with Crippen LogP contribution < -0.4 is 10.9 Å². The minimum absolute atomic E-state index is 0.0234. The van der Waals surface area contributed by atoms with Gasteiger partial charge >= 0.3 is 5.97 Å². The molecule has 7 nitrogen and oxygen atoms in total. The fourth-order valence-corrected chi connectivity index (χ4v) is 4.32. The van der Waals surface area contributed by atoms with Crippen LogP contribution in [-0.4, -0.2) is 28.3 Å². The highest BCUT2D eigenvalue weighted by molar-refractivity contribution is 7.16. The molecular formula is C24H21N3O4S. The highest BCUT2D eigenvalue weighted by Crippen LogP contribution is 2.31. The first-order valence-corrected chi connectivity index (χ1v) is 10.9. The molecule has 0 aliphatic carbocycles. The molecule has 32 heavy (non-hydrogen) atoms. The third-order valence-corrected chi connectivity index (χ3v) is 5.77. The number of carbonyl (C=O) groups excluding carboxylic acids is 2. The molecule has 0 saturated heterocycles. The smallest absolute Gasteiger partial charge is 0.359 e. The Morgan fingerprint density at radius 3 is 2.50 bits per heavy atom. The molecule has 162 valence electrons. The number of ether oxygens (including phenoxy) is 1. The summed E-state index contributed by atoms with van der Waals surface area (Å²) in [5, 5.41) is 9.70. The minimum Gasteiger partial charge on any atom is -0.461 e. The van der Waals surface area contributed by atoms with Crippen LogP contribution in [-0.2, 0) is 4.74 Å². The van der Waals surface area contributed by atoms with Crippen molar-refractivity contribution in [2.24, 2.45) is 0 Å². The molecule has 2 aromatic heterocycles. The number of benzene rings is 2. The Kier molecular flexibility index (Phi) is 5.87. The van der Waals surface area contributed by atoms with Gasteiger partial charge in [0.05, 0.1) is 17.7 Å². The fraction of sp³-hybridized carbons (Fsp3) is 0.167. The Hall–Kier alpha value is -3.78. The number of aromatic nitrogens is 2. The van der Waals surface area contributed by atoms with Gasteiger partial charge in [-0.15, -0.1) is 11.3 Å². The number of aryl methyl sites for hydroxylation is 2. The molecule has 8 heteroatoms. The van der Waals surface area contributed by atoms with Gasteiger partial charge in [-0.25, -0.2) is 4.79 Å². The predicted molar refractivity (Wildman–Crippen MR) is 125 cm³/mol. The van der Waals surface area contributed by atoms with Crippen LogP contribution >= 0.6 is 11.3 Å². The molecule has 2 aromatic carbocycles. The van der Waals surface area contributed by atoms with Gasteiger partial charge in [0.2, 0.25) is 0 Å². The monoisotopic (exact) mass is 447 g/mol. The van der Waals surface area contributed by atoms with Crippen LogP contribution in [0.5, 0.6) is 0 Å². The molecule has 0 radical (unpaired) electrons. The second-order valence-electron chi connectivity index (χ2n) is 7.30. The summed E-state index contributed by atoms with van der Waals surface area (Å²) in [5.41, 5.74) is 2.47. The third-order valence-electron chi connectivity index (χ3n) is 4.87. The van der Waals surface area contributed by atoms with Gasteiger partial charge in [0.25, 0.3) is 11.5 Å². The van der Waals surface area contributed by atoms with E-state index in [9.17, 15) is 14.4 Å². The summed E-state index contributed by atoms with van der Waals surface area (Å²) >= 11 is 1.17. The summed E-state index contributed by atoms with van der Waals surface area (Å²) < 4.78 is 6.34. The van der Waals surface area contributed by atoms with Crippen LogP contribution in [0.3, 0.4) is 0 Å². The van der Waals surface area contributed by atoms with Crippen molar-refractivity contribution in [3.05, 3.63) is 86.6 Å². The van der Waals surface area contributed by atoms with Crippen molar-refractivity contribution in [3.63, 3.8) is 0 Å². The highest BCUT2D eigenvalue weighted by atomic mass is 32.1. The largest absolute Gasteiger partial charge is 0.461 e. The number of hydrogen-bond donors (Lipinski definition) is 1. The van der Waals surface area contributed by atoms with E-state index in [-0.39, 0.29) is 23.6 Å². The van der Waals surface area contributed by atoms with Gasteiger partial charge in [0, 0.05) is 16.3 Å². The summed E-state index contributed by atoms with van der Waals surface area (Å²) in [7, 11) is 0. The lowest BCUT2D eigenvalue weighted by atomic mass is 10.1. The maximum atomic E-state index is 13.4. The molecule has 2 heterocycles. The van der Waals surface area contributed by atoms with Crippen molar-refractivity contribution in [2.45, 2.75) is 20.8 Å². The zero-order valence-corrected chi connectivity index (χ0v) is 18.7. The maximum absolute atomic E-state index is 13.4. The second-order valence-corrected chi connectivity index (χ2v) is 8.18. The lowest BCUT2D eigenvalue weighted by molar-refractivity contribution is 0.0520. The topological polar surface area (TPSA) is 90.3 Å². The molecule has 0 unspecified atom stereocenters. The van der Waals surface area contributed by atoms with Crippen molar-refractivity contribution in [2.75, 3.05) is 11.9 Å². The summed E-state index contributed by atoms with van der Waals surface area (Å²) in [6.07, 6.45) is 0. The Balaban J connectivity index is 1.89. The van der Waals surface area contributed by atoms with Crippen LogP contribution in [0.25, 0.3) is 16.5 Å². The van der Waals surface area contributed by atoms with Gasteiger partial charge in [0.15, 0.2) is 5.69 Å². The molecule has 0 fully saturated rings. The van der Waals surface area contributed by atoms with Crippen LogP contribution in [0, 0.1) is 13.8 Å². The summed E-state index contributed by atoms with van der Waals surface area (Å²) in [4.78, 5) is 38.9. The Labute approximate surface area is 188 Å². The quantitative estimate of drug-likeness (QED) is 0.455. The van der Waals surface area contributed by atoms with Gasteiger partial charge in [-0.3, -0.25) is 9.59 Å². The minimum atomic E-state index is -0.631. The zero-order chi connectivity index (χ0) is 22.8. The normalized spacial score (nSPS) is 10.8. The number of esters is 1. The molecule has 0 bridgehead atoms. The summed E-state index contributed by atoms with van der Waals surface area (Å²) in [5.74, 6) is -0.971. The Morgan fingerprint density at radius 1 is 1.09 bits per heavy atom. The van der Waals surface area contributed by atoms with Crippen LogP contribution in [0.4, 0.5) is 5.00 Å². The summed E-state index contributed by atoms with van der Waals surface area (Å²) in [6.45, 7) is 5.67. The number of hydrogen-bond acceptors (Lipinski definition) is 6. The van der Waals surface area contributed by atoms with Crippen molar-refractivity contribution in [1.82, 2.24) is 9.78 Å². The van der Waals surface area contributed by atoms with E-state index in [1.807, 2.05) is 26.0 Å². The zero-order valence-electron chi connectivity index (χ0n) is 17.8. The molecule has 0 saturated carbocycles. The average Bonchev–Trinajstić information content (AvgIpc) is 3.18. The van der Waals surface area contributed by atoms with E-state index < -0.39 is 11.5 Å². The number of nitrogens with one attached hydrogen (secondary N) is 1. The number of rotatable bonds is 5. The van der Waals surface area contributed by atoms with Crippen molar-refractivity contribution < 1.29 is 14.3 Å². The predicted octanol–water partition coefficient (Wildman–Crippen LogP) is 4.49. The molecule has 1 amide bonds. The number of thiophene rings is 1. The molecule has 1 N–H and O–H groups in total. The van der Waals surface area contributed by atoms with Gasteiger partial charge in [-0.1, -0.05) is 29.8 Å². The number of amides is 1. The lowest BCUT2D eigenvalue weighted by Crippen LogP contribution is -2.25. The maximum Gasteiger partial charge on any atom is 0.359 e. The molecule has 0 aliphatic rings. The number of nitrogens with zero attached hydrogens (tertiary/aromatic N) is 2. The standard InChI is InChI=1S/C24H21N3O4S/c1-4-31-24(30)20-18-13-32-22(25-21(28)16-9-5-7-14(2)11-16)19(18)23(29)27(26-20)17-10-6-8-15(3)12-17/h5-13H,4H2,1-3H3,(H,25,28). The van der Waals surface area contributed by atoms with E-state index in [1.165, 1.54) is 16.0 Å². The molecule has 0 aliphatic heterocycles. The van der Waals surface area contributed by atoms with E-state index in [0.29, 0.717) is 21.6 Å². The number of anilines is 1. The van der Waals surface area contributed by atoms with Crippen molar-refractivity contribution in [1.29, 1.82) is 0 Å². The van der Waals surface area contributed by atoms with Crippen LogP contribution in [0.1, 0.15) is 38.9 Å². The first-order valence-electron chi connectivity index (χ1n) is 10.1. The summed E-state index contributed by atoms with van der Waals surface area (Å²) in [6, 6.07) is 14.4. The first kappa shape index (κ1) is 21.5. The van der Waals surface area contributed by atoms with Gasteiger partial charge in [-0.2, -0.15) is 9.78 Å². The van der Waals surface area contributed by atoms with E-state index in [2.05, 4.69) is 10.4 Å². The SMILES string of the molecule is CCOC(=O)c1nn(-c2cccc(C)c2)c(=O)c2c(NC(=O)c3cccc(C)c3)scc12. The highest BCUT2D eigenvalue weighted by Gasteiger charge is 2.23. The van der Waals surface area contributed by atoms with Crippen LogP contribution in [0.2, 0.25) is 0 Å². The molecule has 0 spiro atoms. The molecule has 4 aromatic rings. The molecular weight excluding hydrogens is 426 g/mol. The fourth-order valence-electron chi connectivity index (χ4n) is 3.39. The van der Waals surface area contributed by atoms with Crippen LogP contribution in [0.15, 0.2) is 58.7 Å². The van der Waals surface area contributed by atoms with Crippen molar-refractivity contribution in [3.8, 4) is 5.69 Å². The van der Waals surface area contributed by atoms with Crippen molar-refractivity contribution >= 4 is 39.0 Å². The van der Waals surface area contributed by atoms with Gasteiger partial charge < -0.3 is 10.1 Å². The van der Waals surface area contributed by atoms with E-state index in [0.717, 1.165) is 11.1 Å². The first-order chi connectivity index (χ1) is 15.4. The number of fused-ring (bicyclic) bond motifs is 1. The third kappa shape index (κ3) is 4.04. The molecule has 0 atom stereocenters. The van der Waals surface area contributed by atoms with E-state index in [1.54, 1.807) is 48.7 Å². The van der Waals surface area contributed by atoms with Gasteiger partial charge in [0.1, 0.15) is 5.00 Å². The Morgan fingerprint density at radius 2 is 1.81 bits per heavy atom. The number of carbonyl (C=O) groups is 2. The molecule has 4 rings (SSSR count). The second kappa shape index (κ2) is 8.76. The van der Waals surface area contributed by atoms with Gasteiger partial charge in [-0.05, 0) is 50.6 Å². The lowest BCUT2D eigenvalue weighted by Gasteiger charge is -2.10. The van der Waals surface area contributed by atoms with E-state index in [4.69, 9.17) is 4.74 Å². The average molecular weight is 448 g/mol. The Bertz CT molecular complexity index is 1400.